The largest absolute Gasteiger partial charge is 0.497 e. The number of halogens is 2. The van der Waals surface area contributed by atoms with Gasteiger partial charge in [-0.25, -0.2) is 0 Å². The third-order valence-corrected chi connectivity index (χ3v) is 13.7. The number of quaternary nitrogens is 1. The Morgan fingerprint density at radius 3 is 2.53 bits per heavy atom. The van der Waals surface area contributed by atoms with Crippen molar-refractivity contribution >= 4 is 37.5 Å². The molecule has 9 heteroatoms. The molecule has 0 saturated carbocycles. The first-order valence-corrected chi connectivity index (χ1v) is 22.2. The number of rotatable bonds is 17. The highest BCUT2D eigenvalue weighted by Gasteiger charge is 2.52. The van der Waals surface area contributed by atoms with Crippen LogP contribution in [0.5, 0.6) is 5.75 Å². The van der Waals surface area contributed by atoms with Crippen molar-refractivity contribution in [3.05, 3.63) is 93.6 Å². The Hall–Kier alpha value is -2.30. The topological polar surface area (TPSA) is 68.8 Å². The average Bonchev–Trinajstić information content (AvgIpc) is 3.72. The predicted molar refractivity (Wildman–Crippen MR) is 235 cm³/mol. The lowest BCUT2D eigenvalue weighted by molar-refractivity contribution is -0.562. The number of alkyl halides is 1. The second-order valence-corrected chi connectivity index (χ2v) is 19.6. The Kier molecular flexibility index (Phi) is 14.8. The summed E-state index contributed by atoms with van der Waals surface area (Å²) in [6, 6.07) is 7.20. The maximum Gasteiger partial charge on any atom is 0.168 e. The molecule has 4 aliphatic rings. The number of anilines is 1. The van der Waals surface area contributed by atoms with E-state index in [9.17, 15) is 0 Å². The maximum absolute atomic E-state index is 7.47. The summed E-state index contributed by atoms with van der Waals surface area (Å²) >= 11 is 7.58. The first-order chi connectivity index (χ1) is 26.1. The van der Waals surface area contributed by atoms with Crippen molar-refractivity contribution in [2.24, 2.45) is 22.7 Å². The van der Waals surface area contributed by atoms with Gasteiger partial charge in [-0.2, -0.15) is 0 Å². The number of benzene rings is 1. The van der Waals surface area contributed by atoms with Gasteiger partial charge in [0.05, 0.1) is 21.3 Å². The summed E-state index contributed by atoms with van der Waals surface area (Å²) in [5.41, 5.74) is 4.94. The zero-order valence-corrected chi connectivity index (χ0v) is 38.5. The van der Waals surface area contributed by atoms with E-state index in [2.05, 4.69) is 164 Å². The highest BCUT2D eigenvalue weighted by Crippen LogP contribution is 2.50. The van der Waals surface area contributed by atoms with Crippen LogP contribution in [0.4, 0.5) is 5.69 Å². The quantitative estimate of drug-likeness (QED) is 0.0924. The number of allylic oxidation sites excluding steroid dienone is 4. The van der Waals surface area contributed by atoms with E-state index in [1.165, 1.54) is 22.4 Å². The molecular formula is C46H68Br2N3O4+. The van der Waals surface area contributed by atoms with Gasteiger partial charge in [0, 0.05) is 82.6 Å². The number of ether oxygens (including phenoxy) is 4. The molecule has 55 heavy (non-hydrogen) atoms. The van der Waals surface area contributed by atoms with Gasteiger partial charge < -0.3 is 29.6 Å². The van der Waals surface area contributed by atoms with Crippen molar-refractivity contribution in [1.82, 2.24) is 4.90 Å². The Morgan fingerprint density at radius 1 is 1.11 bits per heavy atom. The standard InChI is InChI=1S/C46H67Br2N3O4/c1-44(2,3)43(32(23-24-47)27-41(48)49-8)55-42-30(15-21-39-45(4,5)35-28-33(53-10)17-19-37(35)50-39)13-14-31(42)16-22-40-46(6,7)36-29-34(54-11)18-20-38(36)51(40)25-12-26-52-9/h15-20,22,27-29,32,36,38-40,43,49-50H,12-14,21,23-26H2,1-11H3/p+1/b22-16+,30-15+,41-27-. The second-order valence-electron chi connectivity index (χ2n) is 17.9. The van der Waals surface area contributed by atoms with Gasteiger partial charge in [0.2, 0.25) is 0 Å². The van der Waals surface area contributed by atoms with Crippen LogP contribution in [-0.2, 0) is 19.6 Å². The van der Waals surface area contributed by atoms with E-state index in [1.54, 1.807) is 21.3 Å². The van der Waals surface area contributed by atoms with Gasteiger partial charge in [0.1, 0.15) is 23.4 Å². The normalized spacial score (nSPS) is 26.6. The SMILES string of the molecule is C[NH2+]/C(Br)=C\C(CCBr)C(OC1=C(/C=C/C2N(CCCOC)C3C=CC(OC)=CC3C2(C)C)CC/C1=C\CC1Nc2ccc(OC)cc2C1(C)C)C(C)(C)C. The van der Waals surface area contributed by atoms with Crippen molar-refractivity contribution in [3.63, 3.8) is 0 Å². The number of hydrogen-bond acceptors (Lipinski definition) is 6. The minimum Gasteiger partial charge on any atom is -0.497 e. The van der Waals surface area contributed by atoms with Gasteiger partial charge in [-0.1, -0.05) is 88.7 Å². The molecular weight excluding hydrogens is 818 g/mol. The summed E-state index contributed by atoms with van der Waals surface area (Å²) < 4.78 is 25.4. The van der Waals surface area contributed by atoms with Crippen LogP contribution in [0.2, 0.25) is 0 Å². The lowest BCUT2D eigenvalue weighted by atomic mass is 9.73. The number of nitrogens with two attached hydrogens (primary N) is 1. The summed E-state index contributed by atoms with van der Waals surface area (Å²) in [5.74, 6) is 3.48. The molecule has 3 N–H and O–H groups in total. The van der Waals surface area contributed by atoms with Crippen molar-refractivity contribution in [2.75, 3.05) is 52.2 Å². The fraction of sp³-hybridized carbons (Fsp3) is 0.609. The maximum atomic E-state index is 7.47. The van der Waals surface area contributed by atoms with E-state index in [4.69, 9.17) is 18.9 Å². The molecule has 5 rings (SSSR count). The Morgan fingerprint density at radius 2 is 1.87 bits per heavy atom. The van der Waals surface area contributed by atoms with E-state index in [1.807, 2.05) is 0 Å². The Bertz CT molecular complexity index is 1680. The first-order valence-electron chi connectivity index (χ1n) is 20.2. The number of fused-ring (bicyclic) bond motifs is 2. The second kappa shape index (κ2) is 18.5. The molecule has 1 saturated heterocycles. The molecule has 7 nitrogen and oxygen atoms in total. The zero-order valence-electron chi connectivity index (χ0n) is 35.3. The van der Waals surface area contributed by atoms with Gasteiger partial charge in [-0.15, -0.1) is 0 Å². The lowest BCUT2D eigenvalue weighted by Gasteiger charge is -2.37. The third kappa shape index (κ3) is 9.71. The van der Waals surface area contributed by atoms with Crippen LogP contribution in [-0.4, -0.2) is 76.0 Å². The van der Waals surface area contributed by atoms with E-state index in [0.29, 0.717) is 12.0 Å². The van der Waals surface area contributed by atoms with Crippen LogP contribution in [0, 0.1) is 22.7 Å². The minimum absolute atomic E-state index is 0.0122. The summed E-state index contributed by atoms with van der Waals surface area (Å²) in [4.78, 5) is 2.68. The summed E-state index contributed by atoms with van der Waals surface area (Å²) in [5, 5.41) is 6.88. The fourth-order valence-electron chi connectivity index (χ4n) is 9.28. The highest BCUT2D eigenvalue weighted by molar-refractivity contribution is 9.11. The number of nitrogens with zero attached hydrogens (tertiary/aromatic N) is 1. The van der Waals surface area contributed by atoms with Crippen molar-refractivity contribution in [3.8, 4) is 5.75 Å². The van der Waals surface area contributed by atoms with Crippen molar-refractivity contribution < 1.29 is 24.3 Å². The minimum atomic E-state index is -0.103. The van der Waals surface area contributed by atoms with Crippen molar-refractivity contribution in [1.29, 1.82) is 0 Å². The third-order valence-electron chi connectivity index (χ3n) is 12.6. The number of likely N-dealkylation sites (tertiary alicyclic amines) is 1. The van der Waals surface area contributed by atoms with Gasteiger partial charge in [0.15, 0.2) is 4.61 Å². The molecule has 0 bridgehead atoms. The zero-order chi connectivity index (χ0) is 40.1. The van der Waals surface area contributed by atoms with Crippen LogP contribution in [0.1, 0.15) is 86.1 Å². The molecule has 1 aromatic carbocycles. The monoisotopic (exact) mass is 884 g/mol. The predicted octanol–water partition coefficient (Wildman–Crippen LogP) is 9.78. The highest BCUT2D eigenvalue weighted by atomic mass is 79.9. The summed E-state index contributed by atoms with van der Waals surface area (Å²) in [6.45, 7) is 18.2. The average molecular weight is 887 g/mol. The van der Waals surface area contributed by atoms with Crippen LogP contribution < -0.4 is 15.4 Å². The molecule has 6 atom stereocenters. The molecule has 0 aromatic heterocycles. The Balaban J connectivity index is 1.55. The molecule has 6 unspecified atom stereocenters. The van der Waals surface area contributed by atoms with Gasteiger partial charge in [-0.05, 0) is 96.1 Å². The van der Waals surface area contributed by atoms with Gasteiger partial charge >= 0.3 is 0 Å². The van der Waals surface area contributed by atoms with Crippen LogP contribution in [0.3, 0.4) is 0 Å². The first kappa shape index (κ1) is 43.8. The van der Waals surface area contributed by atoms with Crippen molar-refractivity contribution in [2.45, 2.75) is 110 Å². The number of methoxy groups -OCH3 is 3. The molecule has 2 aliphatic carbocycles. The molecule has 0 amide bonds. The molecule has 1 fully saturated rings. The van der Waals surface area contributed by atoms with E-state index < -0.39 is 0 Å². The molecule has 2 aliphatic heterocycles. The van der Waals surface area contributed by atoms with Gasteiger partial charge in [-0.3, -0.25) is 4.90 Å². The molecule has 0 spiro atoms. The molecule has 0 radical (unpaired) electrons. The Labute approximate surface area is 349 Å². The number of nitrogens with one attached hydrogen (secondary N) is 1. The molecule has 304 valence electrons. The summed E-state index contributed by atoms with van der Waals surface area (Å²) in [7, 11) is 7.39. The summed E-state index contributed by atoms with van der Waals surface area (Å²) in [6.07, 6.45) is 21.3. The fourth-order valence-corrected chi connectivity index (χ4v) is 10.1. The van der Waals surface area contributed by atoms with E-state index in [-0.39, 0.29) is 40.4 Å². The van der Waals surface area contributed by atoms with Gasteiger partial charge in [0.25, 0.3) is 0 Å². The van der Waals surface area contributed by atoms with E-state index in [0.717, 1.165) is 72.5 Å². The van der Waals surface area contributed by atoms with Crippen LogP contribution in [0.15, 0.2) is 88.0 Å². The molecule has 1 aromatic rings. The van der Waals surface area contributed by atoms with E-state index >= 15 is 0 Å². The number of hydrogen-bond donors (Lipinski definition) is 2. The van der Waals surface area contributed by atoms with Crippen LogP contribution in [0.25, 0.3) is 0 Å². The van der Waals surface area contributed by atoms with Crippen LogP contribution >= 0.6 is 31.9 Å². The molecule has 2 heterocycles. The lowest BCUT2D eigenvalue weighted by Crippen LogP contribution is -2.76. The smallest absolute Gasteiger partial charge is 0.168 e.